The fourth-order valence-corrected chi connectivity index (χ4v) is 3.43. The van der Waals surface area contributed by atoms with Crippen LogP contribution in [0.15, 0.2) is 60.9 Å². The normalized spacial score (nSPS) is 15.8. The van der Waals surface area contributed by atoms with E-state index in [1.807, 2.05) is 49.5 Å². The standard InChI is InChI=1S/C24H28N6O2/c1-30-12-10-24(31)25-11-3-13-32-21-8-6-19(7-9-21)28-22-15-23(27-17-26-22)29-20-5-2-4-18(14-20)16-30/h2,4-9,14-15,17H,3,10-13,16H2,1H3,(H,25,31)(H2,26,27,28,29). The van der Waals surface area contributed by atoms with Gasteiger partial charge in [0.25, 0.3) is 0 Å². The highest BCUT2D eigenvalue weighted by molar-refractivity contribution is 5.76. The van der Waals surface area contributed by atoms with E-state index >= 15 is 0 Å². The fourth-order valence-electron chi connectivity index (χ4n) is 3.43. The number of fused-ring (bicyclic) bond motifs is 11. The van der Waals surface area contributed by atoms with E-state index in [-0.39, 0.29) is 5.91 Å². The van der Waals surface area contributed by atoms with Crippen LogP contribution in [0.3, 0.4) is 0 Å². The van der Waals surface area contributed by atoms with Crippen molar-refractivity contribution in [2.45, 2.75) is 19.4 Å². The number of benzene rings is 2. The Kier molecular flexibility index (Phi) is 7.14. The molecule has 166 valence electrons. The lowest BCUT2D eigenvalue weighted by Crippen LogP contribution is -2.29. The quantitative estimate of drug-likeness (QED) is 0.499. The molecule has 8 heteroatoms. The van der Waals surface area contributed by atoms with Crippen LogP contribution in [0.2, 0.25) is 0 Å². The number of amides is 1. The summed E-state index contributed by atoms with van der Waals surface area (Å²) < 4.78 is 5.77. The Bertz CT molecular complexity index is 1040. The van der Waals surface area contributed by atoms with Gasteiger partial charge in [-0.1, -0.05) is 12.1 Å². The first-order chi connectivity index (χ1) is 15.6. The number of hydrogen-bond acceptors (Lipinski definition) is 7. The first kappa shape index (κ1) is 21.6. The van der Waals surface area contributed by atoms with Gasteiger partial charge >= 0.3 is 0 Å². The minimum absolute atomic E-state index is 0.0596. The average Bonchev–Trinajstić information content (AvgIpc) is 2.78. The summed E-state index contributed by atoms with van der Waals surface area (Å²) in [6, 6.07) is 17.8. The van der Waals surface area contributed by atoms with E-state index < -0.39 is 0 Å². The van der Waals surface area contributed by atoms with Crippen molar-refractivity contribution in [3.8, 4) is 5.75 Å². The molecule has 1 aromatic heterocycles. The van der Waals surface area contributed by atoms with Gasteiger partial charge in [0, 0.05) is 43.5 Å². The molecule has 0 fully saturated rings. The number of carbonyl (C=O) groups excluding carboxylic acids is 1. The summed E-state index contributed by atoms with van der Waals surface area (Å²) >= 11 is 0. The van der Waals surface area contributed by atoms with Crippen LogP contribution in [0, 0.1) is 0 Å². The van der Waals surface area contributed by atoms with E-state index in [1.54, 1.807) is 0 Å². The summed E-state index contributed by atoms with van der Waals surface area (Å²) in [6.45, 7) is 2.59. The Balaban J connectivity index is 1.52. The third-order valence-electron chi connectivity index (χ3n) is 5.08. The zero-order valence-electron chi connectivity index (χ0n) is 18.2. The summed E-state index contributed by atoms with van der Waals surface area (Å²) in [7, 11) is 2.02. The maximum atomic E-state index is 12.1. The van der Waals surface area contributed by atoms with Crippen LogP contribution >= 0.6 is 0 Å². The van der Waals surface area contributed by atoms with Crippen molar-refractivity contribution >= 4 is 28.9 Å². The molecule has 0 saturated heterocycles. The molecule has 5 rings (SSSR count). The molecule has 3 N–H and O–H groups in total. The van der Waals surface area contributed by atoms with Crippen LogP contribution in [-0.4, -0.2) is 47.5 Å². The molecule has 2 aliphatic rings. The van der Waals surface area contributed by atoms with Crippen molar-refractivity contribution in [1.29, 1.82) is 0 Å². The maximum absolute atomic E-state index is 12.1. The van der Waals surface area contributed by atoms with Gasteiger partial charge in [-0.15, -0.1) is 0 Å². The highest BCUT2D eigenvalue weighted by atomic mass is 16.5. The molecule has 0 radical (unpaired) electrons. The second-order valence-corrected chi connectivity index (χ2v) is 7.80. The molecule has 0 atom stereocenters. The van der Waals surface area contributed by atoms with Crippen molar-refractivity contribution in [1.82, 2.24) is 20.2 Å². The van der Waals surface area contributed by atoms with Crippen LogP contribution in [0.25, 0.3) is 0 Å². The molecule has 3 aromatic rings. The second-order valence-electron chi connectivity index (χ2n) is 7.80. The molecule has 2 aliphatic heterocycles. The third kappa shape index (κ3) is 6.42. The van der Waals surface area contributed by atoms with Crippen molar-refractivity contribution in [3.63, 3.8) is 0 Å². The van der Waals surface area contributed by atoms with Crippen LogP contribution in [0.4, 0.5) is 23.0 Å². The fraction of sp³-hybridized carbons (Fsp3) is 0.292. The van der Waals surface area contributed by atoms with E-state index in [2.05, 4.69) is 43.0 Å². The molecule has 0 spiro atoms. The zero-order valence-corrected chi connectivity index (χ0v) is 18.2. The number of nitrogens with zero attached hydrogens (tertiary/aromatic N) is 3. The van der Waals surface area contributed by atoms with E-state index in [1.165, 1.54) is 6.33 Å². The van der Waals surface area contributed by atoms with E-state index in [4.69, 9.17) is 4.74 Å². The number of nitrogens with one attached hydrogen (secondary N) is 3. The van der Waals surface area contributed by atoms with Gasteiger partial charge in [0.15, 0.2) is 0 Å². The first-order valence-corrected chi connectivity index (χ1v) is 10.8. The van der Waals surface area contributed by atoms with Gasteiger partial charge in [0.05, 0.1) is 6.61 Å². The molecule has 6 bridgehead atoms. The van der Waals surface area contributed by atoms with Crippen LogP contribution in [0.5, 0.6) is 5.75 Å². The van der Waals surface area contributed by atoms with Gasteiger partial charge in [-0.25, -0.2) is 9.97 Å². The minimum Gasteiger partial charge on any atom is -0.494 e. The third-order valence-corrected chi connectivity index (χ3v) is 5.08. The smallest absolute Gasteiger partial charge is 0.221 e. The summed E-state index contributed by atoms with van der Waals surface area (Å²) in [5.74, 6) is 2.25. The topological polar surface area (TPSA) is 91.4 Å². The average molecular weight is 433 g/mol. The lowest BCUT2D eigenvalue weighted by Gasteiger charge is -2.17. The molecule has 8 nitrogen and oxygen atoms in total. The van der Waals surface area contributed by atoms with Crippen LogP contribution < -0.4 is 20.7 Å². The van der Waals surface area contributed by atoms with Crippen molar-refractivity contribution in [2.75, 3.05) is 37.4 Å². The Morgan fingerprint density at radius 2 is 1.75 bits per heavy atom. The highest BCUT2D eigenvalue weighted by Gasteiger charge is 2.07. The molecule has 0 unspecified atom stereocenters. The number of carbonyl (C=O) groups is 1. The van der Waals surface area contributed by atoms with Gasteiger partial charge in [0.2, 0.25) is 5.91 Å². The minimum atomic E-state index is 0.0596. The summed E-state index contributed by atoms with van der Waals surface area (Å²) in [6.07, 6.45) is 2.75. The molecular formula is C24H28N6O2. The first-order valence-electron chi connectivity index (χ1n) is 10.8. The lowest BCUT2D eigenvalue weighted by molar-refractivity contribution is -0.121. The number of rotatable bonds is 0. The predicted octanol–water partition coefficient (Wildman–Crippen LogP) is 3.68. The Labute approximate surface area is 188 Å². The molecule has 1 amide bonds. The Morgan fingerprint density at radius 1 is 0.969 bits per heavy atom. The monoisotopic (exact) mass is 432 g/mol. The molecule has 2 aromatic carbocycles. The lowest BCUT2D eigenvalue weighted by atomic mass is 10.2. The van der Waals surface area contributed by atoms with Crippen LogP contribution in [0.1, 0.15) is 18.4 Å². The number of hydrogen-bond donors (Lipinski definition) is 3. The van der Waals surface area contributed by atoms with Crippen molar-refractivity contribution in [2.24, 2.45) is 0 Å². The molecule has 0 saturated carbocycles. The molecule has 32 heavy (non-hydrogen) atoms. The molecular weight excluding hydrogens is 404 g/mol. The van der Waals surface area contributed by atoms with E-state index in [9.17, 15) is 4.79 Å². The summed E-state index contributed by atoms with van der Waals surface area (Å²) in [4.78, 5) is 22.9. The zero-order chi connectivity index (χ0) is 22.2. The maximum Gasteiger partial charge on any atom is 0.221 e. The van der Waals surface area contributed by atoms with Crippen molar-refractivity contribution < 1.29 is 9.53 Å². The van der Waals surface area contributed by atoms with Crippen LogP contribution in [-0.2, 0) is 11.3 Å². The van der Waals surface area contributed by atoms with Gasteiger partial charge in [-0.2, -0.15) is 0 Å². The van der Waals surface area contributed by atoms with Gasteiger partial charge in [-0.3, -0.25) is 4.79 Å². The largest absolute Gasteiger partial charge is 0.494 e. The van der Waals surface area contributed by atoms with Gasteiger partial charge < -0.3 is 25.6 Å². The Hall–Kier alpha value is -3.65. The highest BCUT2D eigenvalue weighted by Crippen LogP contribution is 2.22. The van der Waals surface area contributed by atoms with Gasteiger partial charge in [0.1, 0.15) is 23.7 Å². The Morgan fingerprint density at radius 3 is 2.56 bits per heavy atom. The van der Waals surface area contributed by atoms with E-state index in [0.29, 0.717) is 37.8 Å². The molecule has 0 aliphatic carbocycles. The number of aromatic nitrogens is 2. The van der Waals surface area contributed by atoms with Gasteiger partial charge in [-0.05, 0) is 55.4 Å². The molecule has 3 heterocycles. The van der Waals surface area contributed by atoms with Crippen molar-refractivity contribution in [3.05, 3.63) is 66.5 Å². The number of anilines is 4. The second kappa shape index (κ2) is 10.6. The SMILES string of the molecule is CN1CCC(=O)NCCCOc2ccc(cc2)Nc2cc(ncn2)Nc2cccc(c2)C1. The predicted molar refractivity (Wildman–Crippen MR) is 126 cm³/mol. The summed E-state index contributed by atoms with van der Waals surface area (Å²) in [5, 5.41) is 9.60. The van der Waals surface area contributed by atoms with E-state index in [0.717, 1.165) is 35.7 Å². The number of ether oxygens (including phenoxy) is 1. The summed E-state index contributed by atoms with van der Waals surface area (Å²) in [5.41, 5.74) is 3.01.